The van der Waals surface area contributed by atoms with Gasteiger partial charge in [-0.05, 0) is 56.6 Å². The van der Waals surface area contributed by atoms with Crippen molar-refractivity contribution in [3.63, 3.8) is 0 Å². The molecule has 2 unspecified atom stereocenters. The molecule has 2 atom stereocenters. The van der Waals surface area contributed by atoms with Crippen LogP contribution in [-0.4, -0.2) is 52.4 Å². The standard InChI is InChI=1S/C22H25N3O4S2/c1-21(2,3)29-20(27)24-12-16-13-28-25(22(16,14-24)17-10-7-11-31-17)19(30)23-18(26)15-8-5-4-6-9-15/h4-11,16H,12-14H2,1-3H3,(H,23,26,30). The maximum Gasteiger partial charge on any atom is 0.410 e. The second-order valence-electron chi connectivity index (χ2n) is 8.67. The zero-order valence-electron chi connectivity index (χ0n) is 17.7. The lowest BCUT2D eigenvalue weighted by Crippen LogP contribution is -2.53. The molecule has 2 aliphatic heterocycles. The molecule has 0 radical (unpaired) electrons. The predicted molar refractivity (Wildman–Crippen MR) is 122 cm³/mol. The Kier molecular flexibility index (Phi) is 5.76. The monoisotopic (exact) mass is 459 g/mol. The normalized spacial score (nSPS) is 22.9. The van der Waals surface area contributed by atoms with E-state index in [-0.39, 0.29) is 23.0 Å². The van der Waals surface area contributed by atoms with Crippen LogP contribution in [0.4, 0.5) is 4.79 Å². The Hall–Kier alpha value is -2.49. The minimum Gasteiger partial charge on any atom is -0.444 e. The first-order valence-electron chi connectivity index (χ1n) is 10.1. The third-order valence-electron chi connectivity index (χ3n) is 5.36. The fraction of sp³-hybridized carbons (Fsp3) is 0.409. The highest BCUT2D eigenvalue weighted by Gasteiger charge is 2.60. The molecule has 31 heavy (non-hydrogen) atoms. The SMILES string of the molecule is CC(C)(C)OC(=O)N1CC2CON(C(=S)NC(=O)c3ccccc3)C2(c2cccs2)C1. The maximum absolute atomic E-state index is 12.8. The summed E-state index contributed by atoms with van der Waals surface area (Å²) < 4.78 is 5.60. The Morgan fingerprint density at radius 2 is 1.97 bits per heavy atom. The Morgan fingerprint density at radius 3 is 2.61 bits per heavy atom. The number of thiophene rings is 1. The van der Waals surface area contributed by atoms with Crippen molar-refractivity contribution in [3.8, 4) is 0 Å². The van der Waals surface area contributed by atoms with Crippen molar-refractivity contribution in [2.24, 2.45) is 5.92 Å². The third kappa shape index (κ3) is 4.17. The third-order valence-corrected chi connectivity index (χ3v) is 6.66. The van der Waals surface area contributed by atoms with Crippen LogP contribution in [-0.2, 0) is 15.1 Å². The van der Waals surface area contributed by atoms with Crippen molar-refractivity contribution in [1.82, 2.24) is 15.3 Å². The molecule has 0 aliphatic carbocycles. The van der Waals surface area contributed by atoms with E-state index in [9.17, 15) is 9.59 Å². The summed E-state index contributed by atoms with van der Waals surface area (Å²) in [5.41, 5.74) is -0.751. The van der Waals surface area contributed by atoms with E-state index in [4.69, 9.17) is 21.8 Å². The van der Waals surface area contributed by atoms with Crippen molar-refractivity contribution in [1.29, 1.82) is 0 Å². The average molecular weight is 460 g/mol. The van der Waals surface area contributed by atoms with Crippen LogP contribution in [0.1, 0.15) is 36.0 Å². The summed E-state index contributed by atoms with van der Waals surface area (Å²) in [5.74, 6) is -0.314. The van der Waals surface area contributed by atoms with E-state index in [0.29, 0.717) is 25.3 Å². The molecule has 1 aromatic heterocycles. The molecule has 164 valence electrons. The summed E-state index contributed by atoms with van der Waals surface area (Å²) in [6.45, 7) is 6.77. The first kappa shape index (κ1) is 21.7. The second kappa shape index (κ2) is 8.22. The summed E-state index contributed by atoms with van der Waals surface area (Å²) >= 11 is 7.17. The van der Waals surface area contributed by atoms with E-state index in [1.54, 1.807) is 45.6 Å². The van der Waals surface area contributed by atoms with Gasteiger partial charge in [0, 0.05) is 22.9 Å². The van der Waals surface area contributed by atoms with Crippen molar-refractivity contribution in [2.45, 2.75) is 31.9 Å². The number of rotatable bonds is 2. The fourth-order valence-corrected chi connectivity index (χ4v) is 5.31. The summed E-state index contributed by atoms with van der Waals surface area (Å²) in [6, 6.07) is 12.9. The first-order chi connectivity index (χ1) is 14.7. The number of thiocarbonyl (C=S) groups is 1. The minimum atomic E-state index is -0.674. The molecule has 2 aliphatic rings. The van der Waals surface area contributed by atoms with Gasteiger partial charge in [-0.25, -0.2) is 9.86 Å². The highest BCUT2D eigenvalue weighted by atomic mass is 32.1. The molecule has 2 aromatic rings. The molecule has 2 amide bonds. The molecule has 0 spiro atoms. The van der Waals surface area contributed by atoms with Crippen LogP contribution in [0.3, 0.4) is 0 Å². The molecule has 3 heterocycles. The van der Waals surface area contributed by atoms with Crippen molar-refractivity contribution < 1.29 is 19.2 Å². The van der Waals surface area contributed by atoms with E-state index in [2.05, 4.69) is 5.32 Å². The van der Waals surface area contributed by atoms with Gasteiger partial charge in [0.1, 0.15) is 11.1 Å². The molecular weight excluding hydrogens is 434 g/mol. The van der Waals surface area contributed by atoms with Gasteiger partial charge in [0.05, 0.1) is 13.2 Å². The van der Waals surface area contributed by atoms with Crippen molar-refractivity contribution in [3.05, 3.63) is 58.3 Å². The van der Waals surface area contributed by atoms with E-state index in [0.717, 1.165) is 4.88 Å². The van der Waals surface area contributed by atoms with E-state index in [1.165, 1.54) is 0 Å². The van der Waals surface area contributed by atoms with Gasteiger partial charge in [0.25, 0.3) is 5.91 Å². The predicted octanol–water partition coefficient (Wildman–Crippen LogP) is 3.77. The number of carbonyl (C=O) groups is 2. The number of likely N-dealkylation sites (tertiary alicyclic amines) is 1. The van der Waals surface area contributed by atoms with E-state index >= 15 is 0 Å². The molecule has 1 aromatic carbocycles. The highest BCUT2D eigenvalue weighted by molar-refractivity contribution is 7.80. The molecule has 4 rings (SSSR count). The summed E-state index contributed by atoms with van der Waals surface area (Å²) in [5, 5.41) is 6.55. The molecule has 2 fully saturated rings. The number of fused-ring (bicyclic) bond motifs is 1. The molecule has 0 saturated carbocycles. The maximum atomic E-state index is 12.8. The first-order valence-corrected chi connectivity index (χ1v) is 11.3. The number of hydrogen-bond acceptors (Lipinski definition) is 6. The molecular formula is C22H25N3O4S2. The molecule has 7 nitrogen and oxygen atoms in total. The largest absolute Gasteiger partial charge is 0.444 e. The van der Waals surface area contributed by atoms with Crippen LogP contribution in [0, 0.1) is 5.92 Å². The molecule has 0 bridgehead atoms. The van der Waals surface area contributed by atoms with Crippen LogP contribution in [0.25, 0.3) is 0 Å². The smallest absolute Gasteiger partial charge is 0.410 e. The number of ether oxygens (including phenoxy) is 1. The van der Waals surface area contributed by atoms with Gasteiger partial charge < -0.3 is 9.64 Å². The molecule has 9 heteroatoms. The number of amides is 2. The Morgan fingerprint density at radius 1 is 1.23 bits per heavy atom. The zero-order chi connectivity index (χ0) is 22.2. The average Bonchev–Trinajstić information content (AvgIpc) is 3.42. The van der Waals surface area contributed by atoms with Crippen LogP contribution < -0.4 is 5.32 Å². The fourth-order valence-electron chi connectivity index (χ4n) is 4.02. The highest BCUT2D eigenvalue weighted by Crippen LogP contribution is 2.48. The van der Waals surface area contributed by atoms with Gasteiger partial charge in [0.2, 0.25) is 5.11 Å². The van der Waals surface area contributed by atoms with E-state index in [1.807, 2.05) is 44.4 Å². The molecule has 2 saturated heterocycles. The Labute approximate surface area is 190 Å². The van der Waals surface area contributed by atoms with Gasteiger partial charge in [-0.2, -0.15) is 0 Å². The summed E-state index contributed by atoms with van der Waals surface area (Å²) in [7, 11) is 0. The number of hydrogen-bond donors (Lipinski definition) is 1. The van der Waals surface area contributed by atoms with Gasteiger partial charge >= 0.3 is 6.09 Å². The van der Waals surface area contributed by atoms with Crippen LogP contribution in [0.2, 0.25) is 0 Å². The number of nitrogens with zero attached hydrogens (tertiary/aromatic N) is 2. The van der Waals surface area contributed by atoms with Crippen LogP contribution >= 0.6 is 23.6 Å². The molecule has 1 N–H and O–H groups in total. The van der Waals surface area contributed by atoms with Crippen LogP contribution in [0.15, 0.2) is 47.8 Å². The van der Waals surface area contributed by atoms with Gasteiger partial charge in [-0.15, -0.1) is 11.3 Å². The van der Waals surface area contributed by atoms with Gasteiger partial charge in [0.15, 0.2) is 0 Å². The lowest BCUT2D eigenvalue weighted by molar-refractivity contribution is -0.104. The zero-order valence-corrected chi connectivity index (χ0v) is 19.3. The van der Waals surface area contributed by atoms with Crippen molar-refractivity contribution >= 4 is 40.7 Å². The number of benzene rings is 1. The Bertz CT molecular complexity index is 974. The van der Waals surface area contributed by atoms with Crippen molar-refractivity contribution in [2.75, 3.05) is 19.7 Å². The number of nitrogens with one attached hydrogen (secondary N) is 1. The van der Waals surface area contributed by atoms with E-state index < -0.39 is 11.1 Å². The second-order valence-corrected chi connectivity index (χ2v) is 10.0. The van der Waals surface area contributed by atoms with Gasteiger partial charge in [-0.1, -0.05) is 24.3 Å². The minimum absolute atomic E-state index is 0.00903. The van der Waals surface area contributed by atoms with Gasteiger partial charge in [-0.3, -0.25) is 14.9 Å². The Balaban J connectivity index is 1.59. The van der Waals surface area contributed by atoms with Crippen LogP contribution in [0.5, 0.6) is 0 Å². The lowest BCUT2D eigenvalue weighted by Gasteiger charge is -2.36. The quantitative estimate of drug-likeness (QED) is 0.690. The lowest BCUT2D eigenvalue weighted by atomic mass is 9.87. The topological polar surface area (TPSA) is 71.1 Å². The number of carbonyl (C=O) groups excluding carboxylic acids is 2. The number of hydroxylamine groups is 2. The summed E-state index contributed by atoms with van der Waals surface area (Å²) in [6.07, 6.45) is -0.364. The summed E-state index contributed by atoms with van der Waals surface area (Å²) in [4.78, 5) is 34.2.